The van der Waals surface area contributed by atoms with Crippen LogP contribution in [0, 0.1) is 23.2 Å². The average molecular weight is 325 g/mol. The molecule has 0 unspecified atom stereocenters. The van der Waals surface area contributed by atoms with E-state index in [1.165, 1.54) is 4.90 Å². The standard InChI is InChI=1S/C16H27N3O4/c1-15(2,3)22-13(20)18-8-12-10-19(9-11(12)7-17)14(21)23-16(4,5)6/h11-12H,8-10H2,1-6H3,(H,18,20)/t11-,12+/m0/s1. The van der Waals surface area contributed by atoms with Crippen molar-refractivity contribution in [3.05, 3.63) is 0 Å². The maximum atomic E-state index is 12.1. The second kappa shape index (κ2) is 7.07. The van der Waals surface area contributed by atoms with E-state index in [9.17, 15) is 14.9 Å². The Morgan fingerprint density at radius 2 is 1.70 bits per heavy atom. The molecule has 0 aromatic rings. The molecule has 0 saturated carbocycles. The fraction of sp³-hybridized carbons (Fsp3) is 0.812. The predicted octanol–water partition coefficient (Wildman–Crippen LogP) is 2.52. The molecule has 1 N–H and O–H groups in total. The number of hydrogen-bond acceptors (Lipinski definition) is 5. The number of likely N-dealkylation sites (tertiary alicyclic amines) is 1. The molecular formula is C16H27N3O4. The normalized spacial score (nSPS) is 21.5. The van der Waals surface area contributed by atoms with Crippen LogP contribution in [0.15, 0.2) is 0 Å². The second-order valence-corrected chi connectivity index (χ2v) is 7.76. The number of nitrogens with one attached hydrogen (secondary N) is 1. The first-order chi connectivity index (χ1) is 10.4. The van der Waals surface area contributed by atoms with Crippen LogP contribution in [-0.4, -0.2) is 47.9 Å². The van der Waals surface area contributed by atoms with Gasteiger partial charge in [0.2, 0.25) is 0 Å². The summed E-state index contributed by atoms with van der Waals surface area (Å²) in [6.45, 7) is 11.7. The molecule has 0 spiro atoms. The lowest BCUT2D eigenvalue weighted by molar-refractivity contribution is 0.0286. The van der Waals surface area contributed by atoms with Crippen molar-refractivity contribution in [1.82, 2.24) is 10.2 Å². The molecule has 0 bridgehead atoms. The highest BCUT2D eigenvalue weighted by Crippen LogP contribution is 2.24. The summed E-state index contributed by atoms with van der Waals surface area (Å²) in [5.41, 5.74) is -1.15. The van der Waals surface area contributed by atoms with Gasteiger partial charge in [0.1, 0.15) is 11.2 Å². The van der Waals surface area contributed by atoms with Crippen LogP contribution in [0.1, 0.15) is 41.5 Å². The van der Waals surface area contributed by atoms with Gasteiger partial charge in [0.05, 0.1) is 12.0 Å². The summed E-state index contributed by atoms with van der Waals surface area (Å²) >= 11 is 0. The Morgan fingerprint density at radius 1 is 1.13 bits per heavy atom. The number of alkyl carbamates (subject to hydrolysis) is 1. The van der Waals surface area contributed by atoms with Crippen molar-refractivity contribution in [3.8, 4) is 6.07 Å². The highest BCUT2D eigenvalue weighted by molar-refractivity contribution is 5.69. The SMILES string of the molecule is CC(C)(C)OC(=O)NC[C@@H]1CN(C(=O)OC(C)(C)C)C[C@@H]1C#N. The zero-order chi connectivity index (χ0) is 17.8. The van der Waals surface area contributed by atoms with Gasteiger partial charge in [0.15, 0.2) is 0 Å². The molecule has 1 saturated heterocycles. The average Bonchev–Trinajstić information content (AvgIpc) is 2.75. The quantitative estimate of drug-likeness (QED) is 0.842. The summed E-state index contributed by atoms with van der Waals surface area (Å²) in [6.07, 6.45) is -0.956. The van der Waals surface area contributed by atoms with Gasteiger partial charge in [-0.1, -0.05) is 0 Å². The van der Waals surface area contributed by atoms with Gasteiger partial charge in [-0.3, -0.25) is 0 Å². The molecule has 130 valence electrons. The van der Waals surface area contributed by atoms with Crippen LogP contribution >= 0.6 is 0 Å². The summed E-state index contributed by atoms with van der Waals surface area (Å²) in [5, 5.41) is 11.9. The minimum atomic E-state index is -0.577. The van der Waals surface area contributed by atoms with Crippen molar-refractivity contribution in [1.29, 1.82) is 5.26 Å². The van der Waals surface area contributed by atoms with E-state index in [0.29, 0.717) is 13.1 Å². The van der Waals surface area contributed by atoms with E-state index < -0.39 is 23.4 Å². The van der Waals surface area contributed by atoms with Crippen LogP contribution in [0.3, 0.4) is 0 Å². The number of nitrogens with zero attached hydrogens (tertiary/aromatic N) is 2. The van der Waals surface area contributed by atoms with Crippen LogP contribution in [-0.2, 0) is 9.47 Å². The van der Waals surface area contributed by atoms with Gasteiger partial charge >= 0.3 is 12.2 Å². The number of ether oxygens (including phenoxy) is 2. The van der Waals surface area contributed by atoms with E-state index in [2.05, 4.69) is 11.4 Å². The van der Waals surface area contributed by atoms with Crippen molar-refractivity contribution >= 4 is 12.2 Å². The molecule has 1 heterocycles. The molecule has 2 atom stereocenters. The third-order valence-corrected chi connectivity index (χ3v) is 3.17. The molecule has 2 amide bonds. The van der Waals surface area contributed by atoms with E-state index >= 15 is 0 Å². The molecule has 1 rings (SSSR count). The van der Waals surface area contributed by atoms with Crippen molar-refractivity contribution in [2.75, 3.05) is 19.6 Å². The smallest absolute Gasteiger partial charge is 0.410 e. The number of carbonyl (C=O) groups is 2. The van der Waals surface area contributed by atoms with E-state index in [-0.39, 0.29) is 18.4 Å². The Kier molecular flexibility index (Phi) is 5.86. The molecule has 0 aromatic heterocycles. The summed E-state index contributed by atoms with van der Waals surface area (Å²) in [5.74, 6) is -0.475. The van der Waals surface area contributed by atoms with Crippen molar-refractivity contribution in [2.45, 2.75) is 52.7 Å². The van der Waals surface area contributed by atoms with Crippen LogP contribution in [0.5, 0.6) is 0 Å². The predicted molar refractivity (Wildman–Crippen MR) is 84.6 cm³/mol. The van der Waals surface area contributed by atoms with Crippen molar-refractivity contribution in [3.63, 3.8) is 0 Å². The lowest BCUT2D eigenvalue weighted by Gasteiger charge is -2.24. The van der Waals surface area contributed by atoms with Gasteiger partial charge in [-0.15, -0.1) is 0 Å². The summed E-state index contributed by atoms with van der Waals surface area (Å²) in [4.78, 5) is 25.3. The zero-order valence-electron chi connectivity index (χ0n) is 14.8. The van der Waals surface area contributed by atoms with E-state index in [1.54, 1.807) is 41.5 Å². The highest BCUT2D eigenvalue weighted by Gasteiger charge is 2.37. The summed E-state index contributed by atoms with van der Waals surface area (Å²) in [7, 11) is 0. The molecule has 23 heavy (non-hydrogen) atoms. The first kappa shape index (κ1) is 19.1. The molecule has 0 aliphatic carbocycles. The molecule has 1 fully saturated rings. The molecule has 0 radical (unpaired) electrons. The van der Waals surface area contributed by atoms with Gasteiger partial charge in [-0.05, 0) is 41.5 Å². The van der Waals surface area contributed by atoms with Crippen LogP contribution in [0.2, 0.25) is 0 Å². The van der Waals surface area contributed by atoms with Gasteiger partial charge in [0.25, 0.3) is 0 Å². The maximum Gasteiger partial charge on any atom is 0.410 e. The third kappa shape index (κ3) is 6.76. The second-order valence-electron chi connectivity index (χ2n) is 7.76. The Balaban J connectivity index is 2.55. The molecule has 1 aliphatic rings. The number of amides is 2. The summed E-state index contributed by atoms with van der Waals surface area (Å²) in [6, 6.07) is 2.19. The van der Waals surface area contributed by atoms with Crippen LogP contribution in [0.4, 0.5) is 9.59 Å². The number of nitriles is 1. The molecule has 1 aliphatic heterocycles. The van der Waals surface area contributed by atoms with Gasteiger partial charge < -0.3 is 19.7 Å². The van der Waals surface area contributed by atoms with Gasteiger partial charge in [-0.2, -0.15) is 5.26 Å². The number of carbonyl (C=O) groups excluding carboxylic acids is 2. The van der Waals surface area contributed by atoms with Crippen LogP contribution in [0.25, 0.3) is 0 Å². The van der Waals surface area contributed by atoms with E-state index in [1.807, 2.05) is 0 Å². The first-order valence-corrected chi connectivity index (χ1v) is 7.75. The fourth-order valence-corrected chi connectivity index (χ4v) is 2.23. The Bertz CT molecular complexity index is 485. The zero-order valence-corrected chi connectivity index (χ0v) is 14.8. The van der Waals surface area contributed by atoms with Crippen LogP contribution < -0.4 is 5.32 Å². The van der Waals surface area contributed by atoms with E-state index in [0.717, 1.165) is 0 Å². The lowest BCUT2D eigenvalue weighted by Crippen LogP contribution is -2.38. The molecule has 7 nitrogen and oxygen atoms in total. The van der Waals surface area contributed by atoms with E-state index in [4.69, 9.17) is 9.47 Å². The lowest BCUT2D eigenvalue weighted by atomic mass is 9.98. The van der Waals surface area contributed by atoms with Crippen molar-refractivity contribution in [2.24, 2.45) is 11.8 Å². The molecule has 0 aromatic carbocycles. The minimum Gasteiger partial charge on any atom is -0.444 e. The van der Waals surface area contributed by atoms with Crippen molar-refractivity contribution < 1.29 is 19.1 Å². The summed E-state index contributed by atoms with van der Waals surface area (Å²) < 4.78 is 10.5. The Hall–Kier alpha value is -1.97. The first-order valence-electron chi connectivity index (χ1n) is 7.75. The number of hydrogen-bond donors (Lipinski definition) is 1. The number of rotatable bonds is 2. The highest BCUT2D eigenvalue weighted by atomic mass is 16.6. The Morgan fingerprint density at radius 3 is 2.17 bits per heavy atom. The monoisotopic (exact) mass is 325 g/mol. The molecule has 7 heteroatoms. The largest absolute Gasteiger partial charge is 0.444 e. The Labute approximate surface area is 137 Å². The fourth-order valence-electron chi connectivity index (χ4n) is 2.23. The third-order valence-electron chi connectivity index (χ3n) is 3.17. The van der Waals surface area contributed by atoms with Gasteiger partial charge in [-0.25, -0.2) is 9.59 Å². The molecular weight excluding hydrogens is 298 g/mol. The topological polar surface area (TPSA) is 91.7 Å². The minimum absolute atomic E-state index is 0.139. The maximum absolute atomic E-state index is 12.1. The van der Waals surface area contributed by atoms with Gasteiger partial charge in [0, 0.05) is 25.6 Å².